The van der Waals surface area contributed by atoms with Gasteiger partial charge in [0, 0.05) is 24.5 Å². The number of nitrogens with zero attached hydrogens (tertiary/aromatic N) is 1. The zero-order chi connectivity index (χ0) is 19.1. The number of hydrogen-bond donors (Lipinski definition) is 2. The van der Waals surface area contributed by atoms with Crippen LogP contribution in [0.15, 0.2) is 36.5 Å². The molecule has 138 valence electrons. The quantitative estimate of drug-likeness (QED) is 0.614. The minimum Gasteiger partial charge on any atom is -0.503 e. The van der Waals surface area contributed by atoms with E-state index in [1.54, 1.807) is 18.3 Å². The fraction of sp³-hybridized carbons (Fsp3) is 0.238. The molecule has 0 spiro atoms. The van der Waals surface area contributed by atoms with Gasteiger partial charge in [0.1, 0.15) is 0 Å². The molecule has 0 atom stereocenters. The van der Waals surface area contributed by atoms with Crippen LogP contribution in [0.1, 0.15) is 23.2 Å². The van der Waals surface area contributed by atoms with Crippen LogP contribution in [0.25, 0.3) is 22.0 Å². The Bertz CT molecular complexity index is 1060. The van der Waals surface area contributed by atoms with Crippen LogP contribution in [-0.2, 0) is 0 Å². The van der Waals surface area contributed by atoms with Crippen LogP contribution in [0.4, 0.5) is 5.69 Å². The summed E-state index contributed by atoms with van der Waals surface area (Å²) >= 11 is 6.13. The van der Waals surface area contributed by atoms with Crippen molar-refractivity contribution < 1.29 is 14.6 Å². The zero-order valence-corrected chi connectivity index (χ0v) is 15.8. The number of fused-ring (bicyclic) bond motifs is 1. The van der Waals surface area contributed by atoms with Gasteiger partial charge < -0.3 is 15.2 Å². The third kappa shape index (κ3) is 3.08. The first-order chi connectivity index (χ1) is 13.0. The van der Waals surface area contributed by atoms with Crippen LogP contribution in [-0.4, -0.2) is 30.0 Å². The lowest BCUT2D eigenvalue weighted by molar-refractivity contribution is 0.0968. The zero-order valence-electron chi connectivity index (χ0n) is 15.0. The van der Waals surface area contributed by atoms with Crippen LogP contribution < -0.4 is 10.1 Å². The average molecular weight is 383 g/mol. The maximum atomic E-state index is 12.6. The lowest BCUT2D eigenvalue weighted by Gasteiger charge is -2.13. The molecule has 0 aliphatic heterocycles. The van der Waals surface area contributed by atoms with Gasteiger partial charge in [-0.1, -0.05) is 17.7 Å². The molecule has 2 N–H and O–H groups in total. The number of aromatic nitrogens is 1. The minimum atomic E-state index is -0.0846. The molecule has 3 aromatic rings. The Morgan fingerprint density at radius 3 is 2.70 bits per heavy atom. The normalized spacial score (nSPS) is 13.6. The molecule has 1 aliphatic carbocycles. The van der Waals surface area contributed by atoms with Crippen LogP contribution in [0.5, 0.6) is 11.5 Å². The fourth-order valence-electron chi connectivity index (χ4n) is 3.29. The van der Waals surface area contributed by atoms with Gasteiger partial charge in [-0.05, 0) is 48.2 Å². The highest BCUT2D eigenvalue weighted by atomic mass is 35.5. The Morgan fingerprint density at radius 2 is 2.04 bits per heavy atom. The molecule has 1 fully saturated rings. The summed E-state index contributed by atoms with van der Waals surface area (Å²) in [6, 6.07) is 9.23. The molecule has 1 aromatic heterocycles. The topological polar surface area (TPSA) is 71.5 Å². The van der Waals surface area contributed by atoms with Gasteiger partial charge in [0.2, 0.25) is 0 Å². The van der Waals surface area contributed by atoms with Crippen LogP contribution in [0.2, 0.25) is 5.02 Å². The first-order valence-corrected chi connectivity index (χ1v) is 9.13. The molecule has 2 aromatic carbocycles. The third-order valence-corrected chi connectivity index (χ3v) is 5.20. The van der Waals surface area contributed by atoms with Crippen molar-refractivity contribution in [3.8, 4) is 22.6 Å². The van der Waals surface area contributed by atoms with Gasteiger partial charge in [-0.3, -0.25) is 9.78 Å². The standard InChI is InChI=1S/C21H19ClN2O3/c1-23-19-14-7-12(13-8-16(22)21(26)18(9-13)27-2)5-6-17(14)24-10-15(19)20(25)11-3-4-11/h5-11,26H,3-4H2,1-2H3,(H,23,24). The van der Waals surface area contributed by atoms with Crippen molar-refractivity contribution in [1.29, 1.82) is 0 Å². The molecule has 0 unspecified atom stereocenters. The number of benzene rings is 2. The van der Waals surface area contributed by atoms with E-state index in [0.717, 1.165) is 40.6 Å². The summed E-state index contributed by atoms with van der Waals surface area (Å²) in [6.07, 6.45) is 3.56. The van der Waals surface area contributed by atoms with Crippen LogP contribution in [0.3, 0.4) is 0 Å². The number of nitrogens with one attached hydrogen (secondary N) is 1. The van der Waals surface area contributed by atoms with E-state index in [1.807, 2.05) is 25.2 Å². The van der Waals surface area contributed by atoms with E-state index in [2.05, 4.69) is 10.3 Å². The van der Waals surface area contributed by atoms with Gasteiger partial charge in [0.25, 0.3) is 0 Å². The first kappa shape index (κ1) is 17.6. The number of ketones is 1. The van der Waals surface area contributed by atoms with Crippen molar-refractivity contribution in [2.24, 2.45) is 5.92 Å². The summed E-state index contributed by atoms with van der Waals surface area (Å²) in [5, 5.41) is 14.2. The van der Waals surface area contributed by atoms with Crippen molar-refractivity contribution in [1.82, 2.24) is 4.98 Å². The van der Waals surface area contributed by atoms with E-state index in [9.17, 15) is 9.90 Å². The maximum Gasteiger partial charge on any atom is 0.176 e. The lowest BCUT2D eigenvalue weighted by atomic mass is 9.99. The molecule has 0 saturated heterocycles. The molecule has 4 rings (SSSR count). The molecular formula is C21H19ClN2O3. The van der Waals surface area contributed by atoms with E-state index in [-0.39, 0.29) is 22.5 Å². The molecule has 6 heteroatoms. The highest BCUT2D eigenvalue weighted by molar-refractivity contribution is 6.32. The molecule has 1 saturated carbocycles. The van der Waals surface area contributed by atoms with Gasteiger partial charge in [-0.2, -0.15) is 0 Å². The SMILES string of the molecule is CNc1c(C(=O)C2CC2)cnc2ccc(-c3cc(Cl)c(O)c(OC)c3)cc12. The molecule has 0 radical (unpaired) electrons. The fourth-order valence-corrected chi connectivity index (χ4v) is 3.50. The number of methoxy groups -OCH3 is 1. The number of anilines is 1. The molecule has 1 aliphatic rings. The van der Waals surface area contributed by atoms with Crippen molar-refractivity contribution in [3.63, 3.8) is 0 Å². The second kappa shape index (κ2) is 6.74. The Labute approximate surface area is 161 Å². The highest BCUT2D eigenvalue weighted by Gasteiger charge is 2.32. The van der Waals surface area contributed by atoms with Gasteiger partial charge in [0.15, 0.2) is 17.3 Å². The van der Waals surface area contributed by atoms with Gasteiger partial charge in [-0.15, -0.1) is 0 Å². The minimum absolute atomic E-state index is 0.0846. The number of ether oxygens (including phenoxy) is 1. The van der Waals surface area contributed by atoms with Gasteiger partial charge in [-0.25, -0.2) is 0 Å². The molecule has 0 bridgehead atoms. The van der Waals surface area contributed by atoms with E-state index in [0.29, 0.717) is 11.3 Å². The third-order valence-electron chi connectivity index (χ3n) is 4.91. The molecule has 27 heavy (non-hydrogen) atoms. The van der Waals surface area contributed by atoms with Gasteiger partial charge >= 0.3 is 0 Å². The van der Waals surface area contributed by atoms with Crippen molar-refractivity contribution in [3.05, 3.63) is 47.1 Å². The number of Topliss-reactive ketones (excluding diaryl/α,β-unsaturated/α-hetero) is 1. The Morgan fingerprint density at radius 1 is 1.26 bits per heavy atom. The Balaban J connectivity index is 1.88. The number of rotatable bonds is 5. The largest absolute Gasteiger partial charge is 0.503 e. The van der Waals surface area contributed by atoms with Crippen LogP contribution >= 0.6 is 11.6 Å². The number of phenols is 1. The van der Waals surface area contributed by atoms with E-state index in [1.165, 1.54) is 7.11 Å². The Hall–Kier alpha value is -2.79. The number of carbonyl (C=O) groups is 1. The number of phenolic OH excluding ortho intramolecular Hbond substituents is 1. The smallest absolute Gasteiger partial charge is 0.176 e. The molecule has 0 amide bonds. The predicted molar refractivity (Wildman–Crippen MR) is 107 cm³/mol. The highest BCUT2D eigenvalue weighted by Crippen LogP contribution is 2.40. The predicted octanol–water partition coefficient (Wildman–Crippen LogP) is 4.90. The molecule has 5 nitrogen and oxygen atoms in total. The second-order valence-electron chi connectivity index (χ2n) is 6.68. The number of halogens is 1. The summed E-state index contributed by atoms with van der Waals surface area (Å²) in [6.45, 7) is 0. The summed E-state index contributed by atoms with van der Waals surface area (Å²) in [4.78, 5) is 17.1. The monoisotopic (exact) mass is 382 g/mol. The number of hydrogen-bond acceptors (Lipinski definition) is 5. The Kier molecular flexibility index (Phi) is 4.40. The van der Waals surface area contributed by atoms with Gasteiger partial charge in [0.05, 0.1) is 28.9 Å². The van der Waals surface area contributed by atoms with Crippen molar-refractivity contribution >= 4 is 34.0 Å². The number of aromatic hydroxyl groups is 1. The second-order valence-corrected chi connectivity index (χ2v) is 7.08. The number of pyridine rings is 1. The average Bonchev–Trinajstić information content (AvgIpc) is 3.53. The van der Waals surface area contributed by atoms with Crippen molar-refractivity contribution in [2.45, 2.75) is 12.8 Å². The summed E-state index contributed by atoms with van der Waals surface area (Å²) < 4.78 is 5.20. The lowest BCUT2D eigenvalue weighted by Crippen LogP contribution is -2.07. The molecular weight excluding hydrogens is 364 g/mol. The first-order valence-electron chi connectivity index (χ1n) is 8.75. The van der Waals surface area contributed by atoms with Crippen LogP contribution in [0, 0.1) is 5.92 Å². The summed E-state index contributed by atoms with van der Waals surface area (Å²) in [5.74, 6) is 0.494. The summed E-state index contributed by atoms with van der Waals surface area (Å²) in [5.41, 5.74) is 3.91. The maximum absolute atomic E-state index is 12.6. The van der Waals surface area contributed by atoms with E-state index in [4.69, 9.17) is 16.3 Å². The summed E-state index contributed by atoms with van der Waals surface area (Å²) in [7, 11) is 3.29. The van der Waals surface area contributed by atoms with E-state index < -0.39 is 0 Å². The molecule has 1 heterocycles. The number of carbonyl (C=O) groups excluding carboxylic acids is 1. The van der Waals surface area contributed by atoms with Crippen molar-refractivity contribution in [2.75, 3.05) is 19.5 Å². The van der Waals surface area contributed by atoms with E-state index >= 15 is 0 Å².